The summed E-state index contributed by atoms with van der Waals surface area (Å²) >= 11 is 0. The average Bonchev–Trinajstić information content (AvgIpc) is 2.46. The van der Waals surface area contributed by atoms with Crippen molar-refractivity contribution in [3.05, 3.63) is 0 Å². The van der Waals surface area contributed by atoms with Crippen molar-refractivity contribution in [1.29, 1.82) is 0 Å². The van der Waals surface area contributed by atoms with Gasteiger partial charge in [0.15, 0.2) is 0 Å². The molecule has 0 aromatic carbocycles. The molecule has 1 N–H and O–H groups in total. The van der Waals surface area contributed by atoms with Crippen molar-refractivity contribution in [3.8, 4) is 0 Å². The van der Waals surface area contributed by atoms with Crippen molar-refractivity contribution < 1.29 is 29.0 Å². The Labute approximate surface area is 135 Å². The number of ether oxygens (including phenoxy) is 2. The Morgan fingerprint density at radius 1 is 1.30 bits per heavy atom. The normalized spacial score (nSPS) is 25.1. The molecule has 1 aliphatic carbocycles. The Morgan fingerprint density at radius 2 is 1.91 bits per heavy atom. The molecule has 0 spiro atoms. The first kappa shape index (κ1) is 17.7. The van der Waals surface area contributed by atoms with Crippen LogP contribution in [0.25, 0.3) is 0 Å². The van der Waals surface area contributed by atoms with Gasteiger partial charge in [-0.15, -0.1) is 0 Å². The van der Waals surface area contributed by atoms with Crippen LogP contribution in [0.15, 0.2) is 0 Å². The number of hydrogen-bond acceptors (Lipinski definition) is 5. The zero-order chi connectivity index (χ0) is 17.3. The summed E-state index contributed by atoms with van der Waals surface area (Å²) in [5.41, 5.74) is -1.80. The largest absolute Gasteiger partial charge is 0.481 e. The van der Waals surface area contributed by atoms with E-state index in [1.807, 2.05) is 0 Å². The van der Waals surface area contributed by atoms with Crippen LogP contribution in [0, 0.1) is 5.41 Å². The van der Waals surface area contributed by atoms with E-state index < -0.39 is 29.1 Å². The lowest BCUT2D eigenvalue weighted by Gasteiger charge is -2.46. The van der Waals surface area contributed by atoms with Crippen molar-refractivity contribution in [1.82, 2.24) is 4.90 Å². The average molecular weight is 327 g/mol. The first-order chi connectivity index (χ1) is 10.7. The zero-order valence-electron chi connectivity index (χ0n) is 14.0. The second-order valence-electron chi connectivity index (χ2n) is 7.26. The summed E-state index contributed by atoms with van der Waals surface area (Å²) in [7, 11) is 0. The molecule has 7 nitrogen and oxygen atoms in total. The summed E-state index contributed by atoms with van der Waals surface area (Å²) in [6.45, 7) is 6.11. The third-order valence-corrected chi connectivity index (χ3v) is 4.52. The molecule has 1 heterocycles. The maximum Gasteiger partial charge on any atom is 0.410 e. The number of carboxylic acid groups (broad SMARTS) is 1. The first-order valence-corrected chi connectivity index (χ1v) is 7.98. The number of nitrogens with zero attached hydrogens (tertiary/aromatic N) is 1. The van der Waals surface area contributed by atoms with Crippen LogP contribution < -0.4 is 0 Å². The molecule has 1 saturated carbocycles. The fourth-order valence-corrected chi connectivity index (χ4v) is 3.27. The highest BCUT2D eigenvalue weighted by Gasteiger charge is 2.52. The number of aliphatic carboxylic acids is 1. The monoisotopic (exact) mass is 327 g/mol. The minimum Gasteiger partial charge on any atom is -0.481 e. The minimum atomic E-state index is -1.15. The Bertz CT molecular complexity index is 485. The predicted molar refractivity (Wildman–Crippen MR) is 81.1 cm³/mol. The van der Waals surface area contributed by atoms with Gasteiger partial charge in [-0.05, 0) is 33.6 Å². The van der Waals surface area contributed by atoms with Gasteiger partial charge in [0.1, 0.15) is 11.4 Å². The van der Waals surface area contributed by atoms with Crippen LogP contribution >= 0.6 is 0 Å². The lowest BCUT2D eigenvalue weighted by molar-refractivity contribution is -0.163. The van der Waals surface area contributed by atoms with E-state index >= 15 is 0 Å². The molecule has 1 saturated heterocycles. The van der Waals surface area contributed by atoms with E-state index in [2.05, 4.69) is 0 Å². The van der Waals surface area contributed by atoms with Gasteiger partial charge in [0, 0.05) is 19.4 Å². The van der Waals surface area contributed by atoms with Gasteiger partial charge in [-0.1, -0.05) is 0 Å². The van der Waals surface area contributed by atoms with Crippen LogP contribution in [-0.4, -0.2) is 59.3 Å². The van der Waals surface area contributed by atoms with Crippen LogP contribution in [-0.2, 0) is 19.1 Å². The third-order valence-electron chi connectivity index (χ3n) is 4.52. The highest BCUT2D eigenvalue weighted by molar-refractivity contribution is 5.85. The Hall–Kier alpha value is -1.63. The van der Waals surface area contributed by atoms with Crippen LogP contribution in [0.3, 0.4) is 0 Å². The van der Waals surface area contributed by atoms with Gasteiger partial charge in [-0.3, -0.25) is 14.5 Å². The summed E-state index contributed by atoms with van der Waals surface area (Å²) in [6, 6.07) is -0.614. The van der Waals surface area contributed by atoms with E-state index in [9.17, 15) is 19.5 Å². The van der Waals surface area contributed by atoms with Gasteiger partial charge in [-0.25, -0.2) is 4.79 Å². The summed E-state index contributed by atoms with van der Waals surface area (Å²) in [4.78, 5) is 37.5. The molecule has 0 aromatic heterocycles. The number of morpholine rings is 1. The highest BCUT2D eigenvalue weighted by Crippen LogP contribution is 2.42. The van der Waals surface area contributed by atoms with E-state index in [0.29, 0.717) is 13.2 Å². The maximum absolute atomic E-state index is 12.5. The fraction of sp³-hybridized carbons (Fsp3) is 0.812. The number of hydrogen-bond donors (Lipinski definition) is 1. The molecule has 7 heteroatoms. The van der Waals surface area contributed by atoms with Gasteiger partial charge in [0.25, 0.3) is 0 Å². The van der Waals surface area contributed by atoms with Crippen molar-refractivity contribution in [2.75, 3.05) is 19.8 Å². The van der Waals surface area contributed by atoms with Gasteiger partial charge in [-0.2, -0.15) is 0 Å². The van der Waals surface area contributed by atoms with Crippen LogP contribution in [0.5, 0.6) is 0 Å². The van der Waals surface area contributed by atoms with Gasteiger partial charge < -0.3 is 14.6 Å². The van der Waals surface area contributed by atoms with Crippen LogP contribution in [0.4, 0.5) is 4.79 Å². The van der Waals surface area contributed by atoms with E-state index in [0.717, 1.165) is 0 Å². The Morgan fingerprint density at radius 3 is 2.43 bits per heavy atom. The second-order valence-corrected chi connectivity index (χ2v) is 7.26. The molecule has 1 unspecified atom stereocenters. The van der Waals surface area contributed by atoms with E-state index in [-0.39, 0.29) is 38.1 Å². The highest BCUT2D eigenvalue weighted by atomic mass is 16.6. The van der Waals surface area contributed by atoms with E-state index in [1.54, 1.807) is 20.8 Å². The molecule has 0 aromatic rings. The zero-order valence-corrected chi connectivity index (χ0v) is 14.0. The second kappa shape index (κ2) is 6.47. The quantitative estimate of drug-likeness (QED) is 0.832. The van der Waals surface area contributed by atoms with Gasteiger partial charge in [0.05, 0.1) is 24.7 Å². The van der Waals surface area contributed by atoms with Crippen LogP contribution in [0.2, 0.25) is 0 Å². The van der Waals surface area contributed by atoms with Crippen molar-refractivity contribution in [2.45, 2.75) is 58.1 Å². The number of carbonyl (C=O) groups is 3. The molecule has 0 radical (unpaired) electrons. The van der Waals surface area contributed by atoms with Gasteiger partial charge >= 0.3 is 12.1 Å². The first-order valence-electron chi connectivity index (χ1n) is 7.98. The predicted octanol–water partition coefficient (Wildman–Crippen LogP) is 1.84. The number of amides is 1. The van der Waals surface area contributed by atoms with Crippen LogP contribution in [0.1, 0.15) is 46.5 Å². The SMILES string of the molecule is CC(C)(C)OC(=O)N1CCOCC1C1(C(=O)O)CCC(=O)CC1. The lowest BCUT2D eigenvalue weighted by Crippen LogP contribution is -2.61. The lowest BCUT2D eigenvalue weighted by atomic mass is 9.68. The molecule has 130 valence electrons. The standard InChI is InChI=1S/C16H25NO6/c1-15(2,3)23-14(21)17-8-9-22-10-12(17)16(13(19)20)6-4-11(18)5-7-16/h12H,4-10H2,1-3H3,(H,19,20). The fourth-order valence-electron chi connectivity index (χ4n) is 3.27. The van der Waals surface area contributed by atoms with Crippen molar-refractivity contribution in [3.63, 3.8) is 0 Å². The molecule has 2 rings (SSSR count). The number of ketones is 1. The van der Waals surface area contributed by atoms with Gasteiger partial charge in [0.2, 0.25) is 0 Å². The topological polar surface area (TPSA) is 93.1 Å². The molecule has 1 aliphatic heterocycles. The minimum absolute atomic E-state index is 0.0717. The molecule has 1 amide bonds. The maximum atomic E-state index is 12.5. The molecule has 1 atom stereocenters. The van der Waals surface area contributed by atoms with E-state index in [1.165, 1.54) is 4.90 Å². The summed E-state index contributed by atoms with van der Waals surface area (Å²) in [6.07, 6.45) is 0.391. The number of carboxylic acids is 1. The Balaban J connectivity index is 2.26. The Kier molecular flexibility index (Phi) is 4.98. The smallest absolute Gasteiger partial charge is 0.410 e. The van der Waals surface area contributed by atoms with E-state index in [4.69, 9.17) is 9.47 Å². The number of rotatable bonds is 2. The molecule has 0 bridgehead atoms. The molecule has 23 heavy (non-hydrogen) atoms. The molecular formula is C16H25NO6. The molecular weight excluding hydrogens is 302 g/mol. The molecule has 2 aliphatic rings. The number of Topliss-reactive ketones (excluding diaryl/α,β-unsaturated/α-hetero) is 1. The number of carbonyl (C=O) groups excluding carboxylic acids is 2. The summed E-state index contributed by atoms with van der Waals surface area (Å²) in [5, 5.41) is 9.81. The summed E-state index contributed by atoms with van der Waals surface area (Å²) < 4.78 is 10.9. The van der Waals surface area contributed by atoms with Crippen molar-refractivity contribution >= 4 is 17.8 Å². The molecule has 2 fully saturated rings. The summed E-state index contributed by atoms with van der Waals surface area (Å²) in [5.74, 6) is -0.906. The third kappa shape index (κ3) is 3.83. The van der Waals surface area contributed by atoms with Crippen molar-refractivity contribution in [2.24, 2.45) is 5.41 Å².